The molecule has 3 heteroatoms. The summed E-state index contributed by atoms with van der Waals surface area (Å²) < 4.78 is 25.1. The van der Waals surface area contributed by atoms with Gasteiger partial charge in [0.15, 0.2) is 0 Å². The Morgan fingerprint density at radius 3 is 2.67 bits per heavy atom. The number of rotatable bonds is 2. The smallest absolute Gasteiger partial charge is 0.128 e. The van der Waals surface area contributed by atoms with E-state index in [4.69, 9.17) is 5.73 Å². The second-order valence-electron chi connectivity index (χ2n) is 2.79. The maximum Gasteiger partial charge on any atom is 0.128 e. The Kier molecular flexibility index (Phi) is 2.76. The number of halogens is 2. The third kappa shape index (κ3) is 1.80. The van der Waals surface area contributed by atoms with Crippen molar-refractivity contribution in [1.82, 2.24) is 0 Å². The first-order chi connectivity index (χ1) is 5.65. The third-order valence-corrected chi connectivity index (χ3v) is 1.72. The molecule has 0 radical (unpaired) electrons. The van der Waals surface area contributed by atoms with Crippen LogP contribution in [0.2, 0.25) is 0 Å². The first-order valence-corrected chi connectivity index (χ1v) is 3.72. The normalized spacial score (nSPS) is 13.0. The van der Waals surface area contributed by atoms with Crippen molar-refractivity contribution in [3.63, 3.8) is 0 Å². The van der Waals surface area contributed by atoms with Crippen LogP contribution in [0, 0.1) is 12.7 Å². The highest BCUT2D eigenvalue weighted by Gasteiger charge is 2.10. The summed E-state index contributed by atoms with van der Waals surface area (Å²) >= 11 is 0. The molecule has 12 heavy (non-hydrogen) atoms. The quantitative estimate of drug-likeness (QED) is 0.724. The molecule has 2 N–H and O–H groups in total. The van der Waals surface area contributed by atoms with Crippen LogP contribution in [0.5, 0.6) is 0 Å². The molecule has 1 aromatic rings. The number of hydrogen-bond donors (Lipinski definition) is 1. The van der Waals surface area contributed by atoms with Gasteiger partial charge in [0.1, 0.15) is 12.5 Å². The Morgan fingerprint density at radius 2 is 2.17 bits per heavy atom. The molecule has 0 aliphatic carbocycles. The molecule has 0 heterocycles. The fourth-order valence-electron chi connectivity index (χ4n) is 1.02. The second kappa shape index (κ2) is 3.63. The van der Waals surface area contributed by atoms with Crippen LogP contribution in [0.3, 0.4) is 0 Å². The van der Waals surface area contributed by atoms with Gasteiger partial charge in [0.2, 0.25) is 0 Å². The summed E-state index contributed by atoms with van der Waals surface area (Å²) in [5, 5.41) is 0. The van der Waals surface area contributed by atoms with Crippen molar-refractivity contribution in [2.24, 2.45) is 5.73 Å². The van der Waals surface area contributed by atoms with Crippen LogP contribution in [0.25, 0.3) is 0 Å². The SMILES string of the molecule is Cc1ccc([C@@H](N)CF)c(F)c1. The molecule has 0 saturated heterocycles. The summed E-state index contributed by atoms with van der Waals surface area (Å²) in [4.78, 5) is 0. The van der Waals surface area contributed by atoms with Crippen LogP contribution in [0.1, 0.15) is 17.2 Å². The maximum absolute atomic E-state index is 13.0. The molecule has 0 spiro atoms. The van der Waals surface area contributed by atoms with Crippen molar-refractivity contribution in [3.05, 3.63) is 35.1 Å². The van der Waals surface area contributed by atoms with Gasteiger partial charge >= 0.3 is 0 Å². The van der Waals surface area contributed by atoms with Crippen LogP contribution in [0.4, 0.5) is 8.78 Å². The molecule has 66 valence electrons. The van der Waals surface area contributed by atoms with E-state index in [2.05, 4.69) is 0 Å². The fourth-order valence-corrected chi connectivity index (χ4v) is 1.02. The lowest BCUT2D eigenvalue weighted by Gasteiger charge is -2.08. The first-order valence-electron chi connectivity index (χ1n) is 3.72. The lowest BCUT2D eigenvalue weighted by atomic mass is 10.1. The van der Waals surface area contributed by atoms with Gasteiger partial charge < -0.3 is 5.73 Å². The Balaban J connectivity index is 3.01. The summed E-state index contributed by atoms with van der Waals surface area (Å²) in [6.07, 6.45) is 0. The van der Waals surface area contributed by atoms with Crippen molar-refractivity contribution in [2.75, 3.05) is 6.67 Å². The van der Waals surface area contributed by atoms with Crippen molar-refractivity contribution in [3.8, 4) is 0 Å². The lowest BCUT2D eigenvalue weighted by molar-refractivity contribution is 0.426. The zero-order valence-corrected chi connectivity index (χ0v) is 6.85. The van der Waals surface area contributed by atoms with Crippen molar-refractivity contribution < 1.29 is 8.78 Å². The molecular formula is C9H11F2N. The number of nitrogens with two attached hydrogens (primary N) is 1. The molecule has 0 aromatic heterocycles. The number of hydrogen-bond acceptors (Lipinski definition) is 1. The molecule has 0 amide bonds. The van der Waals surface area contributed by atoms with Gasteiger partial charge in [-0.05, 0) is 18.6 Å². The largest absolute Gasteiger partial charge is 0.322 e. The van der Waals surface area contributed by atoms with Crippen molar-refractivity contribution in [2.45, 2.75) is 13.0 Å². The Hall–Kier alpha value is -0.960. The van der Waals surface area contributed by atoms with E-state index < -0.39 is 18.5 Å². The zero-order chi connectivity index (χ0) is 9.14. The maximum atomic E-state index is 13.0. The molecule has 1 nitrogen and oxygen atoms in total. The minimum atomic E-state index is -0.842. The van der Waals surface area contributed by atoms with Crippen LogP contribution < -0.4 is 5.73 Å². The average Bonchev–Trinajstić information content (AvgIpc) is 2.03. The molecule has 0 saturated carbocycles. The molecule has 1 aromatic carbocycles. The zero-order valence-electron chi connectivity index (χ0n) is 6.85. The van der Waals surface area contributed by atoms with Crippen molar-refractivity contribution in [1.29, 1.82) is 0 Å². The minimum Gasteiger partial charge on any atom is -0.322 e. The van der Waals surface area contributed by atoms with Gasteiger partial charge in [-0.1, -0.05) is 12.1 Å². The minimum absolute atomic E-state index is 0.239. The van der Waals surface area contributed by atoms with Gasteiger partial charge in [0.05, 0.1) is 6.04 Å². The Bertz CT molecular complexity index is 273. The third-order valence-electron chi connectivity index (χ3n) is 1.72. The average molecular weight is 171 g/mol. The molecule has 0 bridgehead atoms. The second-order valence-corrected chi connectivity index (χ2v) is 2.79. The predicted octanol–water partition coefficient (Wildman–Crippen LogP) is 2.10. The van der Waals surface area contributed by atoms with E-state index in [1.54, 1.807) is 13.0 Å². The Morgan fingerprint density at radius 1 is 1.50 bits per heavy atom. The molecular weight excluding hydrogens is 160 g/mol. The van der Waals surface area contributed by atoms with E-state index in [1.165, 1.54) is 12.1 Å². The van der Waals surface area contributed by atoms with E-state index in [1.807, 2.05) is 0 Å². The van der Waals surface area contributed by atoms with E-state index in [-0.39, 0.29) is 5.56 Å². The lowest BCUT2D eigenvalue weighted by Crippen LogP contribution is -2.13. The molecule has 0 aliphatic heterocycles. The van der Waals surface area contributed by atoms with E-state index in [0.717, 1.165) is 5.56 Å². The van der Waals surface area contributed by atoms with Gasteiger partial charge in [-0.15, -0.1) is 0 Å². The highest BCUT2D eigenvalue weighted by molar-refractivity contribution is 5.25. The number of aryl methyl sites for hydroxylation is 1. The molecule has 0 unspecified atom stereocenters. The van der Waals surface area contributed by atoms with E-state index in [0.29, 0.717) is 0 Å². The molecule has 0 fully saturated rings. The monoisotopic (exact) mass is 171 g/mol. The highest BCUT2D eigenvalue weighted by atomic mass is 19.1. The standard InChI is InChI=1S/C9H11F2N/c1-6-2-3-7(8(11)4-6)9(12)5-10/h2-4,9H,5,12H2,1H3/t9-/m0/s1. The number of benzene rings is 1. The molecule has 1 atom stereocenters. The van der Waals surface area contributed by atoms with Crippen LogP contribution in [-0.2, 0) is 0 Å². The Labute approximate surface area is 70.2 Å². The van der Waals surface area contributed by atoms with E-state index in [9.17, 15) is 8.78 Å². The van der Waals surface area contributed by atoms with Gasteiger partial charge in [-0.25, -0.2) is 8.78 Å². The fraction of sp³-hybridized carbons (Fsp3) is 0.333. The molecule has 1 rings (SSSR count). The predicted molar refractivity (Wildman–Crippen MR) is 44.0 cm³/mol. The van der Waals surface area contributed by atoms with Gasteiger partial charge in [0.25, 0.3) is 0 Å². The van der Waals surface area contributed by atoms with Crippen LogP contribution in [-0.4, -0.2) is 6.67 Å². The first kappa shape index (κ1) is 9.13. The van der Waals surface area contributed by atoms with Crippen LogP contribution >= 0.6 is 0 Å². The van der Waals surface area contributed by atoms with Gasteiger partial charge in [-0.2, -0.15) is 0 Å². The topological polar surface area (TPSA) is 26.0 Å². The summed E-state index contributed by atoms with van der Waals surface area (Å²) in [5.74, 6) is -0.430. The highest BCUT2D eigenvalue weighted by Crippen LogP contribution is 2.16. The van der Waals surface area contributed by atoms with Gasteiger partial charge in [0, 0.05) is 5.56 Å². The number of alkyl halides is 1. The molecule has 0 aliphatic rings. The van der Waals surface area contributed by atoms with Crippen LogP contribution in [0.15, 0.2) is 18.2 Å². The van der Waals surface area contributed by atoms with Gasteiger partial charge in [-0.3, -0.25) is 0 Å². The summed E-state index contributed by atoms with van der Waals surface area (Å²) in [6, 6.07) is 3.75. The van der Waals surface area contributed by atoms with E-state index >= 15 is 0 Å². The van der Waals surface area contributed by atoms with Crippen molar-refractivity contribution >= 4 is 0 Å². The summed E-state index contributed by atoms with van der Waals surface area (Å²) in [5.41, 5.74) is 6.38. The summed E-state index contributed by atoms with van der Waals surface area (Å²) in [7, 11) is 0. The summed E-state index contributed by atoms with van der Waals surface area (Å²) in [6.45, 7) is 1.04.